The first kappa shape index (κ1) is 13.7. The standard InChI is InChI=1S/C14H26N2O2/c1-11-14(6-5-8-15-10-14)7-9-16(11)12(17)18-13(2,3)4/h11,15H,5-10H2,1-4H3. The van der Waals surface area contributed by atoms with Crippen LogP contribution in [0, 0.1) is 5.41 Å². The van der Waals surface area contributed by atoms with E-state index in [2.05, 4.69) is 12.2 Å². The molecule has 2 unspecified atom stereocenters. The van der Waals surface area contributed by atoms with Crippen LogP contribution in [0.15, 0.2) is 0 Å². The van der Waals surface area contributed by atoms with Crippen LogP contribution in [0.25, 0.3) is 0 Å². The average molecular weight is 254 g/mol. The summed E-state index contributed by atoms with van der Waals surface area (Å²) in [5.74, 6) is 0. The normalized spacial score (nSPS) is 32.9. The van der Waals surface area contributed by atoms with E-state index in [9.17, 15) is 4.79 Å². The Balaban J connectivity index is 2.02. The monoisotopic (exact) mass is 254 g/mol. The van der Waals surface area contributed by atoms with Crippen molar-refractivity contribution in [2.24, 2.45) is 5.41 Å². The minimum absolute atomic E-state index is 0.155. The highest BCUT2D eigenvalue weighted by Crippen LogP contribution is 2.42. The molecule has 1 N–H and O–H groups in total. The van der Waals surface area contributed by atoms with Crippen LogP contribution in [-0.2, 0) is 4.74 Å². The number of rotatable bonds is 0. The van der Waals surface area contributed by atoms with Crippen molar-refractivity contribution in [3.8, 4) is 0 Å². The second kappa shape index (κ2) is 4.72. The van der Waals surface area contributed by atoms with Crippen LogP contribution >= 0.6 is 0 Å². The summed E-state index contributed by atoms with van der Waals surface area (Å²) in [4.78, 5) is 14.1. The third-order valence-electron chi connectivity index (χ3n) is 4.34. The Morgan fingerprint density at radius 3 is 2.67 bits per heavy atom. The molecule has 2 aliphatic heterocycles. The van der Waals surface area contributed by atoms with E-state index in [1.54, 1.807) is 0 Å². The van der Waals surface area contributed by atoms with E-state index in [1.165, 1.54) is 12.8 Å². The van der Waals surface area contributed by atoms with Crippen LogP contribution in [-0.4, -0.2) is 42.3 Å². The van der Waals surface area contributed by atoms with Gasteiger partial charge in [-0.25, -0.2) is 4.79 Å². The zero-order chi connectivity index (χ0) is 13.4. The Labute approximate surface area is 110 Å². The lowest BCUT2D eigenvalue weighted by Crippen LogP contribution is -2.49. The van der Waals surface area contributed by atoms with E-state index in [1.807, 2.05) is 25.7 Å². The highest BCUT2D eigenvalue weighted by Gasteiger charge is 2.47. The van der Waals surface area contributed by atoms with Gasteiger partial charge >= 0.3 is 6.09 Å². The fourth-order valence-electron chi connectivity index (χ4n) is 3.21. The molecule has 18 heavy (non-hydrogen) atoms. The summed E-state index contributed by atoms with van der Waals surface area (Å²) in [5, 5.41) is 3.48. The molecule has 0 aromatic rings. The third-order valence-corrected chi connectivity index (χ3v) is 4.34. The quantitative estimate of drug-likeness (QED) is 0.721. The van der Waals surface area contributed by atoms with Crippen LogP contribution in [0.5, 0.6) is 0 Å². The summed E-state index contributed by atoms with van der Waals surface area (Å²) in [6.45, 7) is 10.9. The molecule has 1 amide bonds. The number of carbonyl (C=O) groups excluding carboxylic acids is 1. The number of carbonyl (C=O) groups is 1. The highest BCUT2D eigenvalue weighted by atomic mass is 16.6. The van der Waals surface area contributed by atoms with Crippen LogP contribution in [0.1, 0.15) is 47.0 Å². The number of piperidine rings is 1. The van der Waals surface area contributed by atoms with Gasteiger partial charge in [-0.2, -0.15) is 0 Å². The predicted molar refractivity (Wildman–Crippen MR) is 71.6 cm³/mol. The third kappa shape index (κ3) is 2.63. The van der Waals surface area contributed by atoms with Gasteiger partial charge < -0.3 is 15.0 Å². The highest BCUT2D eigenvalue weighted by molar-refractivity contribution is 5.69. The Kier molecular flexibility index (Phi) is 3.58. The lowest BCUT2D eigenvalue weighted by molar-refractivity contribution is 0.0166. The number of amides is 1. The molecule has 2 saturated heterocycles. The molecule has 4 heteroatoms. The maximum absolute atomic E-state index is 12.2. The van der Waals surface area contributed by atoms with Crippen molar-refractivity contribution in [2.75, 3.05) is 19.6 Å². The summed E-state index contributed by atoms with van der Waals surface area (Å²) < 4.78 is 5.49. The number of ether oxygens (including phenoxy) is 1. The minimum Gasteiger partial charge on any atom is -0.444 e. The van der Waals surface area contributed by atoms with E-state index < -0.39 is 5.60 Å². The molecule has 0 aromatic carbocycles. The van der Waals surface area contributed by atoms with Crippen LogP contribution in [0.3, 0.4) is 0 Å². The van der Waals surface area contributed by atoms with Crippen molar-refractivity contribution in [3.05, 3.63) is 0 Å². The lowest BCUT2D eigenvalue weighted by Gasteiger charge is -2.39. The van der Waals surface area contributed by atoms with E-state index in [-0.39, 0.29) is 17.6 Å². The van der Waals surface area contributed by atoms with Gasteiger partial charge in [0.05, 0.1) is 0 Å². The molecule has 2 rings (SSSR count). The summed E-state index contributed by atoms with van der Waals surface area (Å²) in [5.41, 5.74) is -0.132. The molecule has 0 saturated carbocycles. The van der Waals surface area contributed by atoms with Gasteiger partial charge in [-0.05, 0) is 53.5 Å². The molecule has 2 fully saturated rings. The maximum Gasteiger partial charge on any atom is 0.410 e. The van der Waals surface area contributed by atoms with Gasteiger partial charge in [-0.3, -0.25) is 0 Å². The molecular weight excluding hydrogens is 228 g/mol. The van der Waals surface area contributed by atoms with Gasteiger partial charge in [0.2, 0.25) is 0 Å². The van der Waals surface area contributed by atoms with E-state index in [0.29, 0.717) is 0 Å². The van der Waals surface area contributed by atoms with Crippen LogP contribution in [0.4, 0.5) is 4.79 Å². The number of hydrogen-bond acceptors (Lipinski definition) is 3. The second-order valence-electron chi connectivity index (χ2n) is 6.74. The first-order chi connectivity index (χ1) is 8.34. The van der Waals surface area contributed by atoms with E-state index in [0.717, 1.165) is 26.1 Å². The SMILES string of the molecule is CC1N(C(=O)OC(C)(C)C)CCC12CCCNC2. The largest absolute Gasteiger partial charge is 0.444 e. The topological polar surface area (TPSA) is 41.6 Å². The van der Waals surface area contributed by atoms with Crippen LogP contribution < -0.4 is 5.32 Å². The number of hydrogen-bond donors (Lipinski definition) is 1. The zero-order valence-electron chi connectivity index (χ0n) is 12.1. The maximum atomic E-state index is 12.2. The second-order valence-corrected chi connectivity index (χ2v) is 6.74. The van der Waals surface area contributed by atoms with Crippen LogP contribution in [0.2, 0.25) is 0 Å². The molecule has 0 aromatic heterocycles. The molecule has 1 spiro atoms. The molecule has 104 valence electrons. The summed E-state index contributed by atoms with van der Waals surface area (Å²) >= 11 is 0. The van der Waals surface area contributed by atoms with Gasteiger partial charge in [-0.1, -0.05) is 0 Å². The molecular formula is C14H26N2O2. The average Bonchev–Trinajstić information content (AvgIpc) is 2.56. The Morgan fingerprint density at radius 1 is 1.39 bits per heavy atom. The van der Waals surface area contributed by atoms with E-state index in [4.69, 9.17) is 4.74 Å². The van der Waals surface area contributed by atoms with Gasteiger partial charge in [0, 0.05) is 24.5 Å². The summed E-state index contributed by atoms with van der Waals surface area (Å²) in [6.07, 6.45) is 3.38. The van der Waals surface area contributed by atoms with Crippen molar-refractivity contribution in [3.63, 3.8) is 0 Å². The lowest BCUT2D eigenvalue weighted by atomic mass is 9.75. The van der Waals surface area contributed by atoms with Crippen molar-refractivity contribution in [2.45, 2.75) is 58.6 Å². The zero-order valence-corrected chi connectivity index (χ0v) is 12.1. The number of nitrogens with zero attached hydrogens (tertiary/aromatic N) is 1. The predicted octanol–water partition coefficient (Wildman–Crippen LogP) is 2.39. The number of likely N-dealkylation sites (tertiary alicyclic amines) is 1. The first-order valence-electron chi connectivity index (χ1n) is 7.04. The molecule has 0 radical (unpaired) electrons. The Morgan fingerprint density at radius 2 is 2.11 bits per heavy atom. The van der Waals surface area contributed by atoms with Gasteiger partial charge in [-0.15, -0.1) is 0 Å². The van der Waals surface area contributed by atoms with Crippen molar-refractivity contribution >= 4 is 6.09 Å². The van der Waals surface area contributed by atoms with Gasteiger partial charge in [0.1, 0.15) is 5.60 Å². The smallest absolute Gasteiger partial charge is 0.410 e. The molecule has 4 nitrogen and oxygen atoms in total. The summed E-state index contributed by atoms with van der Waals surface area (Å²) in [6, 6.07) is 0.278. The van der Waals surface area contributed by atoms with Crippen molar-refractivity contribution < 1.29 is 9.53 Å². The molecule has 0 bridgehead atoms. The van der Waals surface area contributed by atoms with Crippen molar-refractivity contribution in [1.29, 1.82) is 0 Å². The van der Waals surface area contributed by atoms with Crippen molar-refractivity contribution in [1.82, 2.24) is 10.2 Å². The number of nitrogens with one attached hydrogen (secondary N) is 1. The fourth-order valence-corrected chi connectivity index (χ4v) is 3.21. The Hall–Kier alpha value is -0.770. The Bertz CT molecular complexity index is 316. The van der Waals surface area contributed by atoms with Gasteiger partial charge in [0.15, 0.2) is 0 Å². The first-order valence-corrected chi connectivity index (χ1v) is 7.04. The van der Waals surface area contributed by atoms with E-state index >= 15 is 0 Å². The molecule has 2 aliphatic rings. The molecule has 2 heterocycles. The fraction of sp³-hybridized carbons (Fsp3) is 0.929. The molecule has 2 atom stereocenters. The minimum atomic E-state index is -0.405. The molecule has 0 aliphatic carbocycles. The van der Waals surface area contributed by atoms with Gasteiger partial charge in [0.25, 0.3) is 0 Å². The summed E-state index contributed by atoms with van der Waals surface area (Å²) in [7, 11) is 0.